The van der Waals surface area contributed by atoms with Gasteiger partial charge in [0.25, 0.3) is 5.82 Å². The second-order valence-corrected chi connectivity index (χ2v) is 7.00. The topological polar surface area (TPSA) is 72.2 Å². The van der Waals surface area contributed by atoms with Crippen LogP contribution in [0.1, 0.15) is 11.4 Å². The molecule has 0 aliphatic carbocycles. The van der Waals surface area contributed by atoms with Gasteiger partial charge in [0, 0.05) is 33.5 Å². The molecule has 2 heterocycles. The molecule has 6 nitrogen and oxygen atoms in total. The van der Waals surface area contributed by atoms with E-state index in [4.69, 9.17) is 11.6 Å². The van der Waals surface area contributed by atoms with Gasteiger partial charge in [0.2, 0.25) is 0 Å². The summed E-state index contributed by atoms with van der Waals surface area (Å²) >= 11 is 6.05. The van der Waals surface area contributed by atoms with E-state index in [-0.39, 0.29) is 17.2 Å². The van der Waals surface area contributed by atoms with E-state index in [1.165, 1.54) is 12.1 Å². The Morgan fingerprint density at radius 1 is 1.24 bits per heavy atom. The minimum absolute atomic E-state index is 0.0175. The zero-order valence-corrected chi connectivity index (χ0v) is 14.3. The molecule has 0 fully saturated rings. The van der Waals surface area contributed by atoms with Crippen LogP contribution >= 0.6 is 11.6 Å². The van der Waals surface area contributed by atoms with Crippen molar-refractivity contribution in [1.82, 2.24) is 19.8 Å². The van der Waals surface area contributed by atoms with Crippen LogP contribution in [0.3, 0.4) is 0 Å². The van der Waals surface area contributed by atoms with Crippen molar-refractivity contribution in [2.24, 2.45) is 0 Å². The summed E-state index contributed by atoms with van der Waals surface area (Å²) in [6.45, 7) is 0. The van der Waals surface area contributed by atoms with Gasteiger partial charge in [0.05, 0.1) is 0 Å². The van der Waals surface area contributed by atoms with Crippen LogP contribution in [0.25, 0.3) is 5.65 Å². The summed E-state index contributed by atoms with van der Waals surface area (Å²) < 4.78 is 50.7. The van der Waals surface area contributed by atoms with Gasteiger partial charge >= 0.3 is 6.18 Å². The molecular weight excluding hydrogens is 379 g/mol. The van der Waals surface area contributed by atoms with Gasteiger partial charge in [0.15, 0.2) is 11.5 Å². The van der Waals surface area contributed by atoms with Crippen molar-refractivity contribution in [2.75, 3.05) is 11.6 Å². The fraction of sp³-hybridized carbons (Fsp3) is 0.214. The van der Waals surface area contributed by atoms with E-state index in [1.54, 1.807) is 24.5 Å². The second kappa shape index (κ2) is 6.60. The zero-order chi connectivity index (χ0) is 18.2. The van der Waals surface area contributed by atoms with Crippen molar-refractivity contribution < 1.29 is 17.4 Å². The highest BCUT2D eigenvalue weighted by atomic mass is 35.5. The quantitative estimate of drug-likeness (QED) is 0.740. The second-order valence-electron chi connectivity index (χ2n) is 5.16. The maximum atomic E-state index is 12.9. The minimum Gasteiger partial charge on any atom is -0.339 e. The first kappa shape index (κ1) is 17.6. The number of benzene rings is 1. The number of aromatic nitrogens is 4. The third-order valence-electron chi connectivity index (χ3n) is 3.19. The largest absolute Gasteiger partial charge is 0.453 e. The molecular formula is C14H11ClF3N5OS. The molecule has 132 valence electrons. The van der Waals surface area contributed by atoms with Crippen molar-refractivity contribution in [3.63, 3.8) is 0 Å². The molecule has 1 aromatic carbocycles. The van der Waals surface area contributed by atoms with Gasteiger partial charge < -0.3 is 5.32 Å². The van der Waals surface area contributed by atoms with Gasteiger partial charge in [-0.2, -0.15) is 17.7 Å². The summed E-state index contributed by atoms with van der Waals surface area (Å²) in [4.78, 5) is 0. The van der Waals surface area contributed by atoms with Crippen LogP contribution in [0.4, 0.5) is 24.7 Å². The van der Waals surface area contributed by atoms with Crippen LogP contribution in [-0.2, 0) is 22.7 Å². The summed E-state index contributed by atoms with van der Waals surface area (Å²) in [6.07, 6.45) is -3.11. The SMILES string of the molecule is CS(=O)Cc1cc(Nc2ccc3nnc(C(F)(F)F)n3n2)ccc1Cl. The number of halogens is 4. The molecule has 1 unspecified atom stereocenters. The van der Waals surface area contributed by atoms with E-state index in [0.717, 1.165) is 0 Å². The first-order valence-electron chi connectivity index (χ1n) is 6.89. The number of nitrogens with one attached hydrogen (secondary N) is 1. The van der Waals surface area contributed by atoms with Crippen molar-refractivity contribution in [2.45, 2.75) is 11.9 Å². The number of alkyl halides is 3. The summed E-state index contributed by atoms with van der Waals surface area (Å²) in [6, 6.07) is 7.79. The van der Waals surface area contributed by atoms with E-state index in [9.17, 15) is 17.4 Å². The van der Waals surface area contributed by atoms with Crippen LogP contribution in [0.15, 0.2) is 30.3 Å². The van der Waals surface area contributed by atoms with Gasteiger partial charge in [-0.3, -0.25) is 4.21 Å². The number of fused-ring (bicyclic) bond motifs is 1. The zero-order valence-electron chi connectivity index (χ0n) is 12.7. The monoisotopic (exact) mass is 389 g/mol. The molecule has 25 heavy (non-hydrogen) atoms. The average Bonchev–Trinajstić information content (AvgIpc) is 2.93. The van der Waals surface area contributed by atoms with Crippen molar-refractivity contribution in [3.8, 4) is 0 Å². The highest BCUT2D eigenvalue weighted by Crippen LogP contribution is 2.28. The predicted molar refractivity (Wildman–Crippen MR) is 88.3 cm³/mol. The molecule has 1 atom stereocenters. The molecule has 0 spiro atoms. The summed E-state index contributed by atoms with van der Waals surface area (Å²) in [5.74, 6) is -0.766. The smallest absolute Gasteiger partial charge is 0.339 e. The first-order valence-corrected chi connectivity index (χ1v) is 8.99. The van der Waals surface area contributed by atoms with Crippen LogP contribution in [0.5, 0.6) is 0 Å². The lowest BCUT2D eigenvalue weighted by atomic mass is 10.2. The molecule has 0 saturated carbocycles. The molecule has 1 N–H and O–H groups in total. The standard InChI is InChI=1S/C14H11ClF3N5OS/c1-25(24)7-8-6-9(2-3-10(8)15)19-11-4-5-12-20-21-13(14(16,17)18)23(12)22-11/h2-6H,7H2,1H3,(H,19,22). The normalized spacial score (nSPS) is 13.2. The Hall–Kier alpha value is -2.20. The van der Waals surface area contributed by atoms with Crippen molar-refractivity contribution in [1.29, 1.82) is 0 Å². The maximum absolute atomic E-state index is 12.9. The highest BCUT2D eigenvalue weighted by Gasteiger charge is 2.37. The maximum Gasteiger partial charge on any atom is 0.453 e. The molecule has 3 rings (SSSR count). The number of hydrogen-bond acceptors (Lipinski definition) is 5. The number of hydrogen-bond donors (Lipinski definition) is 1. The molecule has 3 aromatic rings. The Bertz CT molecular complexity index is 959. The highest BCUT2D eigenvalue weighted by molar-refractivity contribution is 7.83. The molecule has 11 heteroatoms. The van der Waals surface area contributed by atoms with Gasteiger partial charge in [-0.15, -0.1) is 15.3 Å². The van der Waals surface area contributed by atoms with Gasteiger partial charge in [-0.05, 0) is 35.9 Å². The predicted octanol–water partition coefficient (Wildman–Crippen LogP) is 3.42. The van der Waals surface area contributed by atoms with E-state index >= 15 is 0 Å². The van der Waals surface area contributed by atoms with Crippen LogP contribution in [0, 0.1) is 0 Å². The third kappa shape index (κ3) is 3.90. The average molecular weight is 390 g/mol. The van der Waals surface area contributed by atoms with E-state index in [1.807, 2.05) is 0 Å². The fourth-order valence-electron chi connectivity index (χ4n) is 2.16. The van der Waals surface area contributed by atoms with Gasteiger partial charge in [-0.1, -0.05) is 11.6 Å². The minimum atomic E-state index is -4.66. The summed E-state index contributed by atoms with van der Waals surface area (Å²) in [5, 5.41) is 13.8. The lowest BCUT2D eigenvalue weighted by molar-refractivity contribution is -0.146. The lowest BCUT2D eigenvalue weighted by Crippen LogP contribution is -2.13. The first-order chi connectivity index (χ1) is 11.7. The molecule has 0 aliphatic heterocycles. The van der Waals surface area contributed by atoms with Gasteiger partial charge in [-0.25, -0.2) is 0 Å². The molecule has 0 radical (unpaired) electrons. The Kier molecular flexibility index (Phi) is 4.65. The Morgan fingerprint density at radius 2 is 2.00 bits per heavy atom. The Labute approximate surface area is 147 Å². The van der Waals surface area contributed by atoms with E-state index in [0.29, 0.717) is 20.8 Å². The lowest BCUT2D eigenvalue weighted by Gasteiger charge is -2.10. The Balaban J connectivity index is 1.94. The molecule has 0 bridgehead atoms. The molecule has 2 aromatic heterocycles. The van der Waals surface area contributed by atoms with Crippen LogP contribution < -0.4 is 5.32 Å². The Morgan fingerprint density at radius 3 is 2.68 bits per heavy atom. The van der Waals surface area contributed by atoms with E-state index in [2.05, 4.69) is 20.6 Å². The number of nitrogens with zero attached hydrogens (tertiary/aromatic N) is 4. The number of rotatable bonds is 4. The number of anilines is 2. The van der Waals surface area contributed by atoms with E-state index < -0.39 is 22.8 Å². The van der Waals surface area contributed by atoms with Crippen molar-refractivity contribution >= 4 is 39.6 Å². The van der Waals surface area contributed by atoms with Crippen LogP contribution in [-0.4, -0.2) is 30.3 Å². The molecule has 0 amide bonds. The summed E-state index contributed by atoms with van der Waals surface area (Å²) in [7, 11) is -1.08. The summed E-state index contributed by atoms with van der Waals surface area (Å²) in [5.41, 5.74) is 1.20. The third-order valence-corrected chi connectivity index (χ3v) is 4.28. The van der Waals surface area contributed by atoms with Crippen LogP contribution in [0.2, 0.25) is 5.02 Å². The molecule has 0 aliphatic rings. The fourth-order valence-corrected chi connectivity index (χ4v) is 3.10. The van der Waals surface area contributed by atoms with Crippen molar-refractivity contribution in [3.05, 3.63) is 46.7 Å². The van der Waals surface area contributed by atoms with Gasteiger partial charge in [0.1, 0.15) is 0 Å². The molecule has 0 saturated heterocycles.